The summed E-state index contributed by atoms with van der Waals surface area (Å²) in [6.45, 7) is 2.64. The van der Waals surface area contributed by atoms with E-state index in [1.54, 1.807) is 18.2 Å². The summed E-state index contributed by atoms with van der Waals surface area (Å²) in [6.07, 6.45) is 0.955. The smallest absolute Gasteiger partial charge is 0.325 e. The highest BCUT2D eigenvalue weighted by Crippen LogP contribution is 2.23. The van der Waals surface area contributed by atoms with Crippen molar-refractivity contribution >= 4 is 23.5 Å². The van der Waals surface area contributed by atoms with Gasteiger partial charge in [0.05, 0.1) is 25.2 Å². The zero-order valence-electron chi connectivity index (χ0n) is 12.3. The van der Waals surface area contributed by atoms with E-state index in [1.807, 2.05) is 13.0 Å². The van der Waals surface area contributed by atoms with Gasteiger partial charge in [0.1, 0.15) is 12.3 Å². The molecule has 0 aliphatic carbocycles. The Morgan fingerprint density at radius 3 is 2.62 bits per heavy atom. The van der Waals surface area contributed by atoms with Gasteiger partial charge in [-0.15, -0.1) is 0 Å². The fraction of sp³-hybridized carbons (Fsp3) is 0.467. The molecule has 0 fully saturated rings. The zero-order chi connectivity index (χ0) is 15.7. The summed E-state index contributed by atoms with van der Waals surface area (Å²) in [7, 11) is 1.30. The number of rotatable bonds is 8. The van der Waals surface area contributed by atoms with Crippen molar-refractivity contribution in [1.29, 1.82) is 0 Å². The third-order valence-corrected chi connectivity index (χ3v) is 3.12. The Morgan fingerprint density at radius 2 is 2.00 bits per heavy atom. The van der Waals surface area contributed by atoms with E-state index in [1.165, 1.54) is 12.0 Å². The molecule has 1 aromatic carbocycles. The molecule has 0 bridgehead atoms. The van der Waals surface area contributed by atoms with E-state index >= 15 is 0 Å². The fourth-order valence-electron chi connectivity index (χ4n) is 1.75. The van der Waals surface area contributed by atoms with E-state index in [0.717, 1.165) is 6.42 Å². The minimum atomic E-state index is -0.427. The average Bonchev–Trinajstić information content (AvgIpc) is 2.48. The number of hydrogen-bond donors (Lipinski definition) is 0. The summed E-state index contributed by atoms with van der Waals surface area (Å²) >= 11 is 5.96. The van der Waals surface area contributed by atoms with Crippen molar-refractivity contribution < 1.29 is 19.1 Å². The Bertz CT molecular complexity index is 478. The van der Waals surface area contributed by atoms with Crippen LogP contribution in [0.25, 0.3) is 0 Å². The van der Waals surface area contributed by atoms with Crippen LogP contribution >= 0.6 is 11.6 Å². The van der Waals surface area contributed by atoms with Gasteiger partial charge in [-0.1, -0.05) is 30.7 Å². The van der Waals surface area contributed by atoms with Gasteiger partial charge in [0, 0.05) is 6.54 Å². The number of benzene rings is 1. The summed E-state index contributed by atoms with van der Waals surface area (Å²) in [5.74, 6) is -0.0277. The lowest BCUT2D eigenvalue weighted by Crippen LogP contribution is -2.37. The maximum atomic E-state index is 12.1. The molecule has 6 heteroatoms. The third kappa shape index (κ3) is 6.04. The van der Waals surface area contributed by atoms with Gasteiger partial charge in [-0.05, 0) is 18.6 Å². The molecule has 0 unspecified atom stereocenters. The van der Waals surface area contributed by atoms with Crippen molar-refractivity contribution in [3.05, 3.63) is 29.3 Å². The molecule has 1 amide bonds. The number of hydrogen-bond acceptors (Lipinski definition) is 4. The minimum Gasteiger partial charge on any atom is -0.491 e. The summed E-state index contributed by atoms with van der Waals surface area (Å²) in [5.41, 5.74) is 0. The molecule has 1 aromatic rings. The number of ether oxygens (including phenoxy) is 2. The standard InChI is InChI=1S/C15H20ClNO4/c1-3-9-17(11-15(19)20-2)14(18)8-10-21-13-7-5-4-6-12(13)16/h4-7H,3,8-11H2,1-2H3. The van der Waals surface area contributed by atoms with Gasteiger partial charge in [0.15, 0.2) is 0 Å². The lowest BCUT2D eigenvalue weighted by Gasteiger charge is -2.20. The minimum absolute atomic E-state index is 0.0325. The Kier molecular flexibility index (Phi) is 7.61. The molecule has 116 valence electrons. The first-order chi connectivity index (χ1) is 10.1. The Hall–Kier alpha value is -1.75. The van der Waals surface area contributed by atoms with Crippen LogP contribution in [-0.4, -0.2) is 43.6 Å². The first-order valence-corrected chi connectivity index (χ1v) is 7.18. The molecule has 0 heterocycles. The number of halogens is 1. The SMILES string of the molecule is CCCN(CC(=O)OC)C(=O)CCOc1ccccc1Cl. The van der Waals surface area contributed by atoms with Crippen molar-refractivity contribution in [3.8, 4) is 5.75 Å². The van der Waals surface area contributed by atoms with Crippen LogP contribution < -0.4 is 4.74 Å². The molecule has 0 aliphatic heterocycles. The third-order valence-electron chi connectivity index (χ3n) is 2.80. The monoisotopic (exact) mass is 313 g/mol. The number of carbonyl (C=O) groups excluding carboxylic acids is 2. The predicted octanol–water partition coefficient (Wildman–Crippen LogP) is 2.52. The molecule has 0 N–H and O–H groups in total. The van der Waals surface area contributed by atoms with Gasteiger partial charge in [-0.3, -0.25) is 9.59 Å². The van der Waals surface area contributed by atoms with Crippen molar-refractivity contribution in [2.75, 3.05) is 26.8 Å². The Labute approximate surface area is 129 Å². The average molecular weight is 314 g/mol. The molecule has 1 rings (SSSR count). The maximum absolute atomic E-state index is 12.1. The van der Waals surface area contributed by atoms with Gasteiger partial charge >= 0.3 is 5.97 Å². The first kappa shape index (κ1) is 17.3. The van der Waals surface area contributed by atoms with E-state index < -0.39 is 5.97 Å². The molecule has 0 radical (unpaired) electrons. The molecular weight excluding hydrogens is 294 g/mol. The van der Waals surface area contributed by atoms with Crippen molar-refractivity contribution in [2.45, 2.75) is 19.8 Å². The molecule has 0 aliphatic rings. The highest BCUT2D eigenvalue weighted by atomic mass is 35.5. The second-order valence-corrected chi connectivity index (χ2v) is 4.83. The highest BCUT2D eigenvalue weighted by Gasteiger charge is 2.16. The Balaban J connectivity index is 2.46. The lowest BCUT2D eigenvalue weighted by molar-refractivity contribution is -0.147. The largest absolute Gasteiger partial charge is 0.491 e. The van der Waals surface area contributed by atoms with E-state index in [9.17, 15) is 9.59 Å². The van der Waals surface area contributed by atoms with Crippen molar-refractivity contribution in [2.24, 2.45) is 0 Å². The lowest BCUT2D eigenvalue weighted by atomic mass is 10.3. The number of esters is 1. The molecule has 0 aromatic heterocycles. The van der Waals surface area contributed by atoms with Gasteiger partial charge in [-0.25, -0.2) is 0 Å². The van der Waals surface area contributed by atoms with Crippen molar-refractivity contribution in [1.82, 2.24) is 4.90 Å². The Morgan fingerprint density at radius 1 is 1.29 bits per heavy atom. The normalized spacial score (nSPS) is 10.0. The second-order valence-electron chi connectivity index (χ2n) is 4.42. The predicted molar refractivity (Wildman–Crippen MR) is 80.5 cm³/mol. The number of nitrogens with zero attached hydrogens (tertiary/aromatic N) is 1. The molecule has 21 heavy (non-hydrogen) atoms. The van der Waals surface area contributed by atoms with Crippen LogP contribution in [0.1, 0.15) is 19.8 Å². The van der Waals surface area contributed by atoms with Gasteiger partial charge in [0.25, 0.3) is 0 Å². The van der Waals surface area contributed by atoms with Crippen LogP contribution in [0, 0.1) is 0 Å². The molecule has 0 saturated carbocycles. The fourth-order valence-corrected chi connectivity index (χ4v) is 1.94. The summed E-state index contributed by atoms with van der Waals surface area (Å²) in [6, 6.07) is 7.08. The van der Waals surface area contributed by atoms with Crippen LogP contribution in [0.15, 0.2) is 24.3 Å². The topological polar surface area (TPSA) is 55.8 Å². The van der Waals surface area contributed by atoms with Crippen LogP contribution in [0.3, 0.4) is 0 Å². The van der Waals surface area contributed by atoms with Gasteiger partial charge in [0.2, 0.25) is 5.91 Å². The quantitative estimate of drug-likeness (QED) is 0.692. The van der Waals surface area contributed by atoms with Crippen molar-refractivity contribution in [3.63, 3.8) is 0 Å². The summed E-state index contributed by atoms with van der Waals surface area (Å²) < 4.78 is 10.1. The zero-order valence-corrected chi connectivity index (χ0v) is 13.1. The van der Waals surface area contributed by atoms with Gasteiger partial charge < -0.3 is 14.4 Å². The molecule has 0 saturated heterocycles. The van der Waals surface area contributed by atoms with Crippen LogP contribution in [0.5, 0.6) is 5.75 Å². The van der Waals surface area contributed by atoms with E-state index in [0.29, 0.717) is 17.3 Å². The second kappa shape index (κ2) is 9.23. The number of amides is 1. The molecule has 0 spiro atoms. The number of carbonyl (C=O) groups is 2. The van der Waals surface area contributed by atoms with Gasteiger partial charge in [-0.2, -0.15) is 0 Å². The molecule has 5 nitrogen and oxygen atoms in total. The molecular formula is C15H20ClNO4. The van der Waals surface area contributed by atoms with E-state index in [2.05, 4.69) is 4.74 Å². The van der Waals surface area contributed by atoms with Crippen LogP contribution in [-0.2, 0) is 14.3 Å². The number of para-hydroxylation sites is 1. The van der Waals surface area contributed by atoms with Crippen LogP contribution in [0.2, 0.25) is 5.02 Å². The van der Waals surface area contributed by atoms with Crippen LogP contribution in [0.4, 0.5) is 0 Å². The first-order valence-electron chi connectivity index (χ1n) is 6.80. The van der Waals surface area contributed by atoms with E-state index in [-0.39, 0.29) is 25.5 Å². The molecule has 0 atom stereocenters. The van der Waals surface area contributed by atoms with E-state index in [4.69, 9.17) is 16.3 Å². The number of methoxy groups -OCH3 is 1. The summed E-state index contributed by atoms with van der Waals surface area (Å²) in [5, 5.41) is 0.505. The summed E-state index contributed by atoms with van der Waals surface area (Å²) in [4.78, 5) is 24.8. The maximum Gasteiger partial charge on any atom is 0.325 e. The highest BCUT2D eigenvalue weighted by molar-refractivity contribution is 6.32.